The van der Waals surface area contributed by atoms with E-state index in [2.05, 4.69) is 19.2 Å². The third-order valence-electron chi connectivity index (χ3n) is 2.67. The zero-order valence-corrected chi connectivity index (χ0v) is 9.01. The van der Waals surface area contributed by atoms with E-state index in [0.29, 0.717) is 6.10 Å². The van der Waals surface area contributed by atoms with Crippen molar-refractivity contribution < 1.29 is 4.74 Å². The molecule has 0 aromatic carbocycles. The fraction of sp³-hybridized carbons (Fsp3) is 1.00. The minimum absolute atomic E-state index is 0.494. The van der Waals surface area contributed by atoms with Crippen molar-refractivity contribution in [3.63, 3.8) is 0 Å². The standard InChI is InChI=1S/C11H23NO/c1-3-5-10(2)8-12-9-11-6-4-7-13-11/h10-12H,3-9H2,1-2H3/t10-,11-/m0/s1. The molecule has 78 valence electrons. The fourth-order valence-corrected chi connectivity index (χ4v) is 1.89. The van der Waals surface area contributed by atoms with Crippen molar-refractivity contribution in [2.75, 3.05) is 19.7 Å². The largest absolute Gasteiger partial charge is 0.377 e. The second kappa shape index (κ2) is 6.39. The minimum atomic E-state index is 0.494. The maximum atomic E-state index is 5.53. The molecule has 0 aromatic rings. The summed E-state index contributed by atoms with van der Waals surface area (Å²) in [4.78, 5) is 0. The van der Waals surface area contributed by atoms with Crippen molar-refractivity contribution in [3.8, 4) is 0 Å². The van der Waals surface area contributed by atoms with Gasteiger partial charge in [-0.25, -0.2) is 0 Å². The smallest absolute Gasteiger partial charge is 0.0700 e. The van der Waals surface area contributed by atoms with Crippen molar-refractivity contribution >= 4 is 0 Å². The van der Waals surface area contributed by atoms with Crippen LogP contribution in [0, 0.1) is 5.92 Å². The lowest BCUT2D eigenvalue weighted by molar-refractivity contribution is 0.109. The van der Waals surface area contributed by atoms with E-state index in [9.17, 15) is 0 Å². The molecule has 1 N–H and O–H groups in total. The summed E-state index contributed by atoms with van der Waals surface area (Å²) < 4.78 is 5.53. The maximum absolute atomic E-state index is 5.53. The van der Waals surface area contributed by atoms with Crippen molar-refractivity contribution in [1.82, 2.24) is 5.32 Å². The summed E-state index contributed by atoms with van der Waals surface area (Å²) >= 11 is 0. The molecule has 0 saturated carbocycles. The van der Waals surface area contributed by atoms with Crippen LogP contribution in [0.4, 0.5) is 0 Å². The number of nitrogens with one attached hydrogen (secondary N) is 1. The summed E-state index contributed by atoms with van der Waals surface area (Å²) in [5.74, 6) is 0.811. The highest BCUT2D eigenvalue weighted by Crippen LogP contribution is 2.11. The molecule has 1 fully saturated rings. The zero-order valence-electron chi connectivity index (χ0n) is 9.01. The van der Waals surface area contributed by atoms with E-state index in [1.54, 1.807) is 0 Å². The molecule has 0 aromatic heterocycles. The van der Waals surface area contributed by atoms with Gasteiger partial charge in [-0.1, -0.05) is 20.3 Å². The molecule has 1 rings (SSSR count). The summed E-state index contributed by atoms with van der Waals surface area (Å²) in [6, 6.07) is 0. The van der Waals surface area contributed by atoms with Gasteiger partial charge >= 0.3 is 0 Å². The van der Waals surface area contributed by atoms with Crippen LogP contribution in [0.1, 0.15) is 39.5 Å². The van der Waals surface area contributed by atoms with Crippen LogP contribution in [0.25, 0.3) is 0 Å². The number of hydrogen-bond donors (Lipinski definition) is 1. The molecule has 0 amide bonds. The SMILES string of the molecule is CCC[C@H](C)CNC[C@@H]1CCCO1. The average Bonchev–Trinajstić information content (AvgIpc) is 2.57. The number of hydrogen-bond acceptors (Lipinski definition) is 2. The van der Waals surface area contributed by atoms with Crippen molar-refractivity contribution in [1.29, 1.82) is 0 Å². The lowest BCUT2D eigenvalue weighted by atomic mass is 10.1. The zero-order chi connectivity index (χ0) is 9.52. The van der Waals surface area contributed by atoms with Gasteiger partial charge in [0.25, 0.3) is 0 Å². The van der Waals surface area contributed by atoms with Crippen molar-refractivity contribution in [2.45, 2.75) is 45.6 Å². The second-order valence-electron chi connectivity index (χ2n) is 4.19. The molecule has 0 spiro atoms. The van der Waals surface area contributed by atoms with Crippen LogP contribution in [-0.4, -0.2) is 25.8 Å². The van der Waals surface area contributed by atoms with Gasteiger partial charge in [-0.05, 0) is 31.7 Å². The molecule has 1 aliphatic rings. The number of ether oxygens (including phenoxy) is 1. The first-order valence-electron chi connectivity index (χ1n) is 5.65. The maximum Gasteiger partial charge on any atom is 0.0700 e. The van der Waals surface area contributed by atoms with Crippen LogP contribution in [0.5, 0.6) is 0 Å². The third-order valence-corrected chi connectivity index (χ3v) is 2.67. The van der Waals surface area contributed by atoms with Gasteiger partial charge in [-0.2, -0.15) is 0 Å². The first kappa shape index (κ1) is 11.0. The Morgan fingerprint density at radius 2 is 2.38 bits per heavy atom. The Balaban J connectivity index is 1.93. The first-order chi connectivity index (χ1) is 6.33. The first-order valence-corrected chi connectivity index (χ1v) is 5.65. The van der Waals surface area contributed by atoms with Crippen LogP contribution in [0.3, 0.4) is 0 Å². The van der Waals surface area contributed by atoms with E-state index >= 15 is 0 Å². The molecule has 0 radical (unpaired) electrons. The Morgan fingerprint density at radius 1 is 1.54 bits per heavy atom. The Labute approximate surface area is 82.0 Å². The highest BCUT2D eigenvalue weighted by atomic mass is 16.5. The Morgan fingerprint density at radius 3 is 3.00 bits per heavy atom. The summed E-state index contributed by atoms with van der Waals surface area (Å²) in [6.07, 6.45) is 5.61. The predicted molar refractivity (Wildman–Crippen MR) is 55.9 cm³/mol. The normalized spacial score (nSPS) is 24.9. The van der Waals surface area contributed by atoms with E-state index < -0.39 is 0 Å². The van der Waals surface area contributed by atoms with Crippen LogP contribution in [-0.2, 0) is 4.74 Å². The summed E-state index contributed by atoms with van der Waals surface area (Å²) in [6.45, 7) is 7.72. The molecule has 0 aliphatic carbocycles. The lowest BCUT2D eigenvalue weighted by Crippen LogP contribution is -2.29. The van der Waals surface area contributed by atoms with Crippen LogP contribution >= 0.6 is 0 Å². The summed E-state index contributed by atoms with van der Waals surface area (Å²) in [5.41, 5.74) is 0. The Bertz CT molecular complexity index is 121. The van der Waals surface area contributed by atoms with Gasteiger partial charge in [0.1, 0.15) is 0 Å². The summed E-state index contributed by atoms with van der Waals surface area (Å²) in [5, 5.41) is 3.49. The van der Waals surface area contributed by atoms with E-state index in [0.717, 1.165) is 25.6 Å². The van der Waals surface area contributed by atoms with Crippen LogP contribution in [0.15, 0.2) is 0 Å². The molecular formula is C11H23NO. The van der Waals surface area contributed by atoms with Crippen LogP contribution in [0.2, 0.25) is 0 Å². The van der Waals surface area contributed by atoms with Gasteiger partial charge in [0.05, 0.1) is 6.10 Å². The molecule has 1 saturated heterocycles. The molecule has 0 bridgehead atoms. The topological polar surface area (TPSA) is 21.3 Å². The number of rotatable bonds is 6. The quantitative estimate of drug-likeness (QED) is 0.685. The minimum Gasteiger partial charge on any atom is -0.377 e. The van der Waals surface area contributed by atoms with Crippen molar-refractivity contribution in [2.24, 2.45) is 5.92 Å². The molecule has 1 aliphatic heterocycles. The second-order valence-corrected chi connectivity index (χ2v) is 4.19. The third kappa shape index (κ3) is 4.63. The average molecular weight is 185 g/mol. The van der Waals surface area contributed by atoms with Gasteiger partial charge in [-0.3, -0.25) is 0 Å². The van der Waals surface area contributed by atoms with Gasteiger partial charge in [-0.15, -0.1) is 0 Å². The van der Waals surface area contributed by atoms with Gasteiger partial charge in [0.2, 0.25) is 0 Å². The molecule has 0 unspecified atom stereocenters. The highest BCUT2D eigenvalue weighted by molar-refractivity contribution is 4.68. The van der Waals surface area contributed by atoms with E-state index in [1.165, 1.54) is 25.7 Å². The van der Waals surface area contributed by atoms with E-state index in [-0.39, 0.29) is 0 Å². The fourth-order valence-electron chi connectivity index (χ4n) is 1.89. The monoisotopic (exact) mass is 185 g/mol. The Hall–Kier alpha value is -0.0800. The Kier molecular flexibility index (Phi) is 5.40. The molecule has 13 heavy (non-hydrogen) atoms. The van der Waals surface area contributed by atoms with E-state index in [1.807, 2.05) is 0 Å². The lowest BCUT2D eigenvalue weighted by Gasteiger charge is -2.14. The van der Waals surface area contributed by atoms with E-state index in [4.69, 9.17) is 4.74 Å². The summed E-state index contributed by atoms with van der Waals surface area (Å²) in [7, 11) is 0. The molecule has 2 atom stereocenters. The van der Waals surface area contributed by atoms with Gasteiger partial charge < -0.3 is 10.1 Å². The van der Waals surface area contributed by atoms with Gasteiger partial charge in [0.15, 0.2) is 0 Å². The predicted octanol–water partition coefficient (Wildman–Crippen LogP) is 2.19. The van der Waals surface area contributed by atoms with Gasteiger partial charge in [0, 0.05) is 13.2 Å². The molecular weight excluding hydrogens is 162 g/mol. The van der Waals surface area contributed by atoms with Crippen molar-refractivity contribution in [3.05, 3.63) is 0 Å². The highest BCUT2D eigenvalue weighted by Gasteiger charge is 2.14. The molecule has 2 nitrogen and oxygen atoms in total. The molecule has 1 heterocycles. The molecule has 2 heteroatoms. The van der Waals surface area contributed by atoms with Crippen LogP contribution < -0.4 is 5.32 Å².